The number of nitrogens with zero attached hydrogens (tertiary/aromatic N) is 1. The molecule has 33 heavy (non-hydrogen) atoms. The first-order valence-corrected chi connectivity index (χ1v) is 9.72. The van der Waals surface area contributed by atoms with E-state index < -0.39 is 23.5 Å². The molecule has 1 aromatic heterocycles. The maximum atomic E-state index is 13.0. The van der Waals surface area contributed by atoms with Gasteiger partial charge in [0.25, 0.3) is 0 Å². The third-order valence-electron chi connectivity index (χ3n) is 5.15. The first kappa shape index (κ1) is 22.4. The average molecular weight is 459 g/mol. The molecule has 4 rings (SSSR count). The molecular formula is C25H15F6NO. The summed E-state index contributed by atoms with van der Waals surface area (Å²) in [7, 11) is 0. The lowest BCUT2D eigenvalue weighted by molar-refractivity contribution is -0.577. The Morgan fingerprint density at radius 3 is 1.82 bits per heavy atom. The van der Waals surface area contributed by atoms with Crippen molar-refractivity contribution in [2.24, 2.45) is 0 Å². The smallest absolute Gasteiger partial charge is 0.416 e. The Morgan fingerprint density at radius 1 is 0.697 bits per heavy atom. The van der Waals surface area contributed by atoms with Gasteiger partial charge < -0.3 is 5.21 Å². The van der Waals surface area contributed by atoms with Gasteiger partial charge in [-0.3, -0.25) is 0 Å². The van der Waals surface area contributed by atoms with E-state index in [-0.39, 0.29) is 5.52 Å². The van der Waals surface area contributed by atoms with Gasteiger partial charge in [0.1, 0.15) is 0 Å². The van der Waals surface area contributed by atoms with Gasteiger partial charge in [0.15, 0.2) is 6.20 Å². The minimum absolute atomic E-state index is 0.290. The van der Waals surface area contributed by atoms with E-state index in [1.807, 2.05) is 0 Å². The molecule has 0 N–H and O–H groups in total. The number of rotatable bonds is 3. The molecule has 2 nitrogen and oxygen atoms in total. The lowest BCUT2D eigenvalue weighted by Gasteiger charge is -2.13. The van der Waals surface area contributed by atoms with Crippen LogP contribution in [0.15, 0.2) is 85.1 Å². The Hall–Kier alpha value is -3.81. The summed E-state index contributed by atoms with van der Waals surface area (Å²) in [6.07, 6.45) is -6.17. The normalized spacial score (nSPS) is 12.8. The molecule has 0 bridgehead atoms. The summed E-state index contributed by atoms with van der Waals surface area (Å²) in [5.41, 5.74) is 0.225. The highest BCUT2D eigenvalue weighted by Gasteiger charge is 2.31. The van der Waals surface area contributed by atoms with Crippen molar-refractivity contribution in [1.82, 2.24) is 0 Å². The molecule has 0 amide bonds. The first-order valence-electron chi connectivity index (χ1n) is 9.72. The van der Waals surface area contributed by atoms with E-state index in [1.165, 1.54) is 30.5 Å². The average Bonchev–Trinajstić information content (AvgIpc) is 2.77. The minimum Gasteiger partial charge on any atom is -0.618 e. The second-order valence-electron chi connectivity index (χ2n) is 7.33. The molecule has 4 aromatic rings. The van der Waals surface area contributed by atoms with Crippen LogP contribution in [0.25, 0.3) is 22.6 Å². The van der Waals surface area contributed by atoms with E-state index in [2.05, 4.69) is 0 Å². The lowest BCUT2D eigenvalue weighted by Crippen LogP contribution is -2.27. The van der Waals surface area contributed by atoms with Gasteiger partial charge in [0, 0.05) is 11.5 Å². The summed E-state index contributed by atoms with van der Waals surface area (Å²) < 4.78 is 78.5. The van der Waals surface area contributed by atoms with Crippen LogP contribution in [0.2, 0.25) is 0 Å². The molecule has 0 aliphatic rings. The van der Waals surface area contributed by atoms with Crippen molar-refractivity contribution in [3.8, 4) is 0 Å². The van der Waals surface area contributed by atoms with Gasteiger partial charge in [-0.15, -0.1) is 0 Å². The van der Waals surface area contributed by atoms with E-state index in [4.69, 9.17) is 0 Å². The Balaban J connectivity index is 1.91. The maximum absolute atomic E-state index is 13.0. The number of hydrogen-bond acceptors (Lipinski definition) is 1. The summed E-state index contributed by atoms with van der Waals surface area (Å²) in [6.45, 7) is 0. The second-order valence-corrected chi connectivity index (χ2v) is 7.33. The third-order valence-corrected chi connectivity index (χ3v) is 5.15. The molecular weight excluding hydrogens is 444 g/mol. The fraction of sp³-hybridized carbons (Fsp3) is 0.0800. The van der Waals surface area contributed by atoms with Crippen molar-refractivity contribution in [1.29, 1.82) is 0 Å². The van der Waals surface area contributed by atoms with E-state index in [0.717, 1.165) is 24.3 Å². The highest BCUT2D eigenvalue weighted by molar-refractivity contribution is 5.99. The van der Waals surface area contributed by atoms with Crippen LogP contribution in [0.1, 0.15) is 27.8 Å². The number of alkyl halides is 6. The molecule has 8 heteroatoms. The van der Waals surface area contributed by atoms with Crippen LogP contribution >= 0.6 is 0 Å². The molecule has 0 unspecified atom stereocenters. The van der Waals surface area contributed by atoms with Gasteiger partial charge in [-0.05, 0) is 65.2 Å². The summed E-state index contributed by atoms with van der Waals surface area (Å²) in [5, 5.41) is 13.2. The van der Waals surface area contributed by atoms with Crippen LogP contribution in [0.5, 0.6) is 0 Å². The van der Waals surface area contributed by atoms with Crippen molar-refractivity contribution in [2.75, 3.05) is 0 Å². The van der Waals surface area contributed by atoms with Crippen LogP contribution in [-0.2, 0) is 12.4 Å². The molecule has 0 atom stereocenters. The topological polar surface area (TPSA) is 26.9 Å². The monoisotopic (exact) mass is 459 g/mol. The zero-order valence-corrected chi connectivity index (χ0v) is 16.8. The number of fused-ring (bicyclic) bond motifs is 1. The van der Waals surface area contributed by atoms with Crippen molar-refractivity contribution in [3.05, 3.63) is 118 Å². The summed E-state index contributed by atoms with van der Waals surface area (Å²) in [4.78, 5) is 0. The van der Waals surface area contributed by atoms with Crippen molar-refractivity contribution in [2.45, 2.75) is 12.4 Å². The van der Waals surface area contributed by atoms with Gasteiger partial charge in [-0.25, -0.2) is 0 Å². The molecule has 0 radical (unpaired) electrons. The minimum atomic E-state index is -4.52. The second kappa shape index (κ2) is 8.27. The molecule has 0 saturated carbocycles. The van der Waals surface area contributed by atoms with Crippen LogP contribution in [0, 0.1) is 5.21 Å². The number of pyridine rings is 1. The lowest BCUT2D eigenvalue weighted by atomic mass is 9.93. The van der Waals surface area contributed by atoms with Crippen molar-refractivity contribution >= 4 is 22.6 Å². The predicted octanol–water partition coefficient (Wildman–Crippen LogP) is 7.10. The SMILES string of the molecule is [O-][n+]1cccc2cccc(/C(=C/c3ccc(C(F)(F)F)cc3)c3ccc(C(F)(F)F)cc3)c21. The summed E-state index contributed by atoms with van der Waals surface area (Å²) in [6, 6.07) is 17.1. The molecule has 0 aliphatic carbocycles. The fourth-order valence-electron chi connectivity index (χ4n) is 3.55. The first-order chi connectivity index (χ1) is 15.5. The predicted molar refractivity (Wildman–Crippen MR) is 113 cm³/mol. The van der Waals surface area contributed by atoms with E-state index in [1.54, 1.807) is 36.4 Å². The third kappa shape index (κ3) is 4.69. The van der Waals surface area contributed by atoms with Gasteiger partial charge in [-0.1, -0.05) is 30.3 Å². The number of benzene rings is 3. The Bertz CT molecular complexity index is 1320. The molecule has 3 aromatic carbocycles. The van der Waals surface area contributed by atoms with Gasteiger partial charge in [0.2, 0.25) is 5.52 Å². The van der Waals surface area contributed by atoms with Crippen LogP contribution in [-0.4, -0.2) is 0 Å². The maximum Gasteiger partial charge on any atom is 0.416 e. The number of hydrogen-bond donors (Lipinski definition) is 0. The van der Waals surface area contributed by atoms with E-state index in [0.29, 0.717) is 32.4 Å². The van der Waals surface area contributed by atoms with Crippen LogP contribution in [0.4, 0.5) is 26.3 Å². The number of aromatic nitrogens is 1. The highest BCUT2D eigenvalue weighted by atomic mass is 19.4. The quantitative estimate of drug-likeness (QED) is 0.139. The molecule has 0 aliphatic heterocycles. The van der Waals surface area contributed by atoms with Crippen molar-refractivity contribution < 1.29 is 31.1 Å². The van der Waals surface area contributed by atoms with Gasteiger partial charge >= 0.3 is 12.4 Å². The molecule has 1 heterocycles. The van der Waals surface area contributed by atoms with E-state index >= 15 is 0 Å². The van der Waals surface area contributed by atoms with Crippen LogP contribution in [0.3, 0.4) is 0 Å². The van der Waals surface area contributed by atoms with Gasteiger partial charge in [-0.2, -0.15) is 31.1 Å². The number of halogens is 6. The Kier molecular flexibility index (Phi) is 5.61. The summed E-state index contributed by atoms with van der Waals surface area (Å²) >= 11 is 0. The fourth-order valence-corrected chi connectivity index (χ4v) is 3.55. The largest absolute Gasteiger partial charge is 0.618 e. The zero-order valence-electron chi connectivity index (χ0n) is 16.8. The Labute approximate surface area is 184 Å². The van der Waals surface area contributed by atoms with E-state index in [9.17, 15) is 31.5 Å². The Morgan fingerprint density at radius 2 is 1.24 bits per heavy atom. The zero-order chi connectivity index (χ0) is 23.8. The number of para-hydroxylation sites is 1. The molecule has 0 fully saturated rings. The van der Waals surface area contributed by atoms with Crippen molar-refractivity contribution in [3.63, 3.8) is 0 Å². The van der Waals surface area contributed by atoms with Crippen LogP contribution < -0.4 is 4.73 Å². The summed E-state index contributed by atoms with van der Waals surface area (Å²) in [5.74, 6) is 0. The van der Waals surface area contributed by atoms with Gasteiger partial charge in [0.05, 0.1) is 16.7 Å². The standard InChI is InChI=1S/C25H15F6NO/c26-24(27,28)19-10-6-16(7-11-19)15-22(17-8-12-20(13-9-17)25(29,30)31)21-5-1-3-18-4-2-14-32(33)23(18)21/h1-15H/b22-15+. The molecule has 0 saturated heterocycles. The molecule has 0 spiro atoms. The molecule has 168 valence electrons. The highest BCUT2D eigenvalue weighted by Crippen LogP contribution is 2.35.